The van der Waals surface area contributed by atoms with E-state index in [1.165, 1.54) is 11.3 Å². The van der Waals surface area contributed by atoms with Gasteiger partial charge in [-0.3, -0.25) is 4.79 Å². The number of rotatable bonds is 2. The molecule has 1 aliphatic rings. The first-order valence-corrected chi connectivity index (χ1v) is 8.23. The summed E-state index contributed by atoms with van der Waals surface area (Å²) in [6.07, 6.45) is 1.71. The number of aromatic nitrogens is 2. The average molecular weight is 338 g/mol. The summed E-state index contributed by atoms with van der Waals surface area (Å²) in [4.78, 5) is 20.3. The third-order valence-corrected chi connectivity index (χ3v) is 4.62. The van der Waals surface area contributed by atoms with Gasteiger partial charge in [0.05, 0.1) is 11.4 Å². The highest BCUT2D eigenvalue weighted by molar-refractivity contribution is 7.13. The van der Waals surface area contributed by atoms with Crippen LogP contribution in [0.25, 0.3) is 21.8 Å². The van der Waals surface area contributed by atoms with E-state index in [9.17, 15) is 4.79 Å². The number of aryl methyl sites for hydroxylation is 1. The van der Waals surface area contributed by atoms with Crippen LogP contribution in [-0.4, -0.2) is 22.5 Å². The zero-order valence-electron chi connectivity index (χ0n) is 12.9. The molecule has 0 radical (unpaired) electrons. The molecule has 6 nitrogen and oxygen atoms in total. The van der Waals surface area contributed by atoms with E-state index in [2.05, 4.69) is 15.3 Å². The van der Waals surface area contributed by atoms with Gasteiger partial charge in [-0.1, -0.05) is 0 Å². The molecule has 2 aromatic heterocycles. The second-order valence-corrected chi connectivity index (χ2v) is 6.37. The minimum absolute atomic E-state index is 0.0537. The Morgan fingerprint density at radius 1 is 1.29 bits per heavy atom. The van der Waals surface area contributed by atoms with Crippen molar-refractivity contribution in [1.82, 2.24) is 9.97 Å². The normalized spacial score (nSPS) is 13.1. The lowest BCUT2D eigenvalue weighted by Gasteiger charge is -2.20. The van der Waals surface area contributed by atoms with Crippen LogP contribution in [0.4, 0.5) is 11.5 Å². The third kappa shape index (κ3) is 2.59. The third-order valence-electron chi connectivity index (χ3n) is 3.73. The molecule has 3 aromatic rings. The molecular formula is C17H14N4O2S. The standard InChI is InChI=1S/C17H14N4O2S/c1-9-4-11(5-12-16(9)23-7-15(22)20-12)13-8-24-17(21-13)10-2-3-14(18)19-6-10/h2-6,8H,7H2,1H3,(H2,18,19)(H,20,22). The molecular weight excluding hydrogens is 324 g/mol. The number of carbonyl (C=O) groups excluding carboxylic acids is 1. The second-order valence-electron chi connectivity index (χ2n) is 5.52. The first-order valence-electron chi connectivity index (χ1n) is 7.35. The maximum atomic E-state index is 11.5. The van der Waals surface area contributed by atoms with Crippen molar-refractivity contribution >= 4 is 28.7 Å². The van der Waals surface area contributed by atoms with Crippen molar-refractivity contribution in [2.24, 2.45) is 0 Å². The van der Waals surface area contributed by atoms with E-state index in [1.54, 1.807) is 12.3 Å². The first kappa shape index (κ1) is 14.6. The van der Waals surface area contributed by atoms with E-state index in [4.69, 9.17) is 10.5 Å². The molecule has 1 amide bonds. The minimum Gasteiger partial charge on any atom is -0.481 e. The van der Waals surface area contributed by atoms with Gasteiger partial charge in [-0.15, -0.1) is 11.3 Å². The molecule has 0 saturated heterocycles. The second kappa shape index (κ2) is 5.61. The van der Waals surface area contributed by atoms with Crippen LogP contribution in [0.15, 0.2) is 35.8 Å². The van der Waals surface area contributed by atoms with Crippen molar-refractivity contribution in [2.45, 2.75) is 6.92 Å². The monoisotopic (exact) mass is 338 g/mol. The summed E-state index contributed by atoms with van der Waals surface area (Å²) in [5, 5.41) is 5.70. The summed E-state index contributed by atoms with van der Waals surface area (Å²) < 4.78 is 5.49. The SMILES string of the molecule is Cc1cc(-c2csc(-c3ccc(N)nc3)n2)cc2c1OCC(=O)N2. The van der Waals surface area contributed by atoms with Crippen LogP contribution in [0.3, 0.4) is 0 Å². The van der Waals surface area contributed by atoms with Crippen LogP contribution in [0.1, 0.15) is 5.56 Å². The molecule has 0 spiro atoms. The predicted octanol–water partition coefficient (Wildman–Crippen LogP) is 3.09. The van der Waals surface area contributed by atoms with Gasteiger partial charge in [-0.2, -0.15) is 0 Å². The Morgan fingerprint density at radius 2 is 2.17 bits per heavy atom. The van der Waals surface area contributed by atoms with Crippen LogP contribution in [-0.2, 0) is 4.79 Å². The van der Waals surface area contributed by atoms with E-state index in [-0.39, 0.29) is 12.5 Å². The number of amides is 1. The van der Waals surface area contributed by atoms with Crippen molar-refractivity contribution in [3.63, 3.8) is 0 Å². The van der Waals surface area contributed by atoms with Gasteiger partial charge in [0.1, 0.15) is 16.6 Å². The Hall–Kier alpha value is -2.93. The molecule has 24 heavy (non-hydrogen) atoms. The highest BCUT2D eigenvalue weighted by Crippen LogP contribution is 2.37. The van der Waals surface area contributed by atoms with Gasteiger partial charge < -0.3 is 15.8 Å². The fourth-order valence-corrected chi connectivity index (χ4v) is 3.42. The summed E-state index contributed by atoms with van der Waals surface area (Å²) >= 11 is 1.54. The summed E-state index contributed by atoms with van der Waals surface area (Å²) in [6, 6.07) is 7.55. The number of ether oxygens (including phenoxy) is 1. The fraction of sp³-hybridized carbons (Fsp3) is 0.118. The molecule has 0 bridgehead atoms. The molecule has 0 aliphatic carbocycles. The van der Waals surface area contributed by atoms with Crippen molar-refractivity contribution in [2.75, 3.05) is 17.7 Å². The molecule has 0 fully saturated rings. The highest BCUT2D eigenvalue weighted by atomic mass is 32.1. The fourth-order valence-electron chi connectivity index (χ4n) is 2.60. The molecule has 1 aromatic carbocycles. The number of hydrogen-bond acceptors (Lipinski definition) is 6. The van der Waals surface area contributed by atoms with Crippen LogP contribution in [0, 0.1) is 6.92 Å². The summed E-state index contributed by atoms with van der Waals surface area (Å²) in [5.41, 5.74) is 9.97. The number of nitrogens with one attached hydrogen (secondary N) is 1. The Balaban J connectivity index is 1.72. The van der Waals surface area contributed by atoms with E-state index < -0.39 is 0 Å². The molecule has 120 valence electrons. The van der Waals surface area contributed by atoms with Crippen molar-refractivity contribution in [3.05, 3.63) is 41.4 Å². The number of thiazole rings is 1. The molecule has 3 heterocycles. The predicted molar refractivity (Wildman–Crippen MR) is 94.1 cm³/mol. The Labute approximate surface area is 142 Å². The van der Waals surface area contributed by atoms with Crippen LogP contribution < -0.4 is 15.8 Å². The molecule has 1 aliphatic heterocycles. The van der Waals surface area contributed by atoms with Gasteiger partial charge >= 0.3 is 0 Å². The molecule has 0 atom stereocenters. The molecule has 7 heteroatoms. The number of fused-ring (bicyclic) bond motifs is 1. The van der Waals surface area contributed by atoms with E-state index in [0.29, 0.717) is 11.5 Å². The maximum absolute atomic E-state index is 11.5. The summed E-state index contributed by atoms with van der Waals surface area (Å²) in [7, 11) is 0. The van der Waals surface area contributed by atoms with Gasteiger partial charge in [-0.05, 0) is 36.8 Å². The van der Waals surface area contributed by atoms with Crippen LogP contribution in [0.5, 0.6) is 5.75 Å². The number of pyridine rings is 1. The number of hydrogen-bond donors (Lipinski definition) is 2. The Bertz CT molecular complexity index is 934. The number of nitrogen functional groups attached to an aromatic ring is 1. The Morgan fingerprint density at radius 3 is 2.96 bits per heavy atom. The average Bonchev–Trinajstić information content (AvgIpc) is 3.05. The number of nitrogens with zero attached hydrogens (tertiary/aromatic N) is 2. The smallest absolute Gasteiger partial charge is 0.262 e. The number of nitrogens with two attached hydrogens (primary N) is 1. The summed E-state index contributed by atoms with van der Waals surface area (Å²) in [5.74, 6) is 1.05. The maximum Gasteiger partial charge on any atom is 0.262 e. The van der Waals surface area contributed by atoms with E-state index in [1.807, 2.05) is 30.5 Å². The van der Waals surface area contributed by atoms with Gasteiger partial charge in [0.2, 0.25) is 0 Å². The minimum atomic E-state index is -0.147. The largest absolute Gasteiger partial charge is 0.481 e. The Kier molecular flexibility index (Phi) is 3.42. The highest BCUT2D eigenvalue weighted by Gasteiger charge is 2.19. The number of anilines is 2. The lowest BCUT2D eigenvalue weighted by atomic mass is 10.1. The topological polar surface area (TPSA) is 90.1 Å². The molecule has 3 N–H and O–H groups in total. The van der Waals surface area contributed by atoms with E-state index in [0.717, 1.165) is 33.1 Å². The molecule has 0 unspecified atom stereocenters. The van der Waals surface area contributed by atoms with Gasteiger partial charge in [0.15, 0.2) is 6.61 Å². The molecule has 4 rings (SSSR count). The first-order chi connectivity index (χ1) is 11.6. The lowest BCUT2D eigenvalue weighted by molar-refractivity contribution is -0.118. The van der Waals surface area contributed by atoms with Gasteiger partial charge in [-0.25, -0.2) is 9.97 Å². The van der Waals surface area contributed by atoms with Crippen LogP contribution in [0.2, 0.25) is 0 Å². The zero-order chi connectivity index (χ0) is 16.7. The van der Waals surface area contributed by atoms with Crippen molar-refractivity contribution in [3.8, 4) is 27.6 Å². The quantitative estimate of drug-likeness (QED) is 0.749. The van der Waals surface area contributed by atoms with Crippen molar-refractivity contribution in [1.29, 1.82) is 0 Å². The number of carbonyl (C=O) groups is 1. The lowest BCUT2D eigenvalue weighted by Crippen LogP contribution is -2.25. The van der Waals surface area contributed by atoms with Gasteiger partial charge in [0.25, 0.3) is 5.91 Å². The van der Waals surface area contributed by atoms with Gasteiger partial charge in [0, 0.05) is 22.7 Å². The van der Waals surface area contributed by atoms with E-state index >= 15 is 0 Å². The van der Waals surface area contributed by atoms with Crippen LogP contribution >= 0.6 is 11.3 Å². The number of benzene rings is 1. The zero-order valence-corrected chi connectivity index (χ0v) is 13.7. The summed E-state index contributed by atoms with van der Waals surface area (Å²) in [6.45, 7) is 2.01. The van der Waals surface area contributed by atoms with Crippen molar-refractivity contribution < 1.29 is 9.53 Å². The molecule has 0 saturated carbocycles.